The first-order valence-corrected chi connectivity index (χ1v) is 4.91. The molecule has 0 atom stereocenters. The minimum Gasteiger partial charge on any atom is -0.465 e. The lowest BCUT2D eigenvalue weighted by Gasteiger charge is -2.16. The minimum absolute atomic E-state index is 0.139. The highest BCUT2D eigenvalue weighted by Crippen LogP contribution is 2.11. The number of hydrogen-bond donors (Lipinski definition) is 1. The van der Waals surface area contributed by atoms with Crippen molar-refractivity contribution in [3.63, 3.8) is 0 Å². The second kappa shape index (κ2) is 5.33. The maximum Gasteiger partial charge on any atom is 0.339 e. The first-order chi connectivity index (χ1) is 7.13. The van der Waals surface area contributed by atoms with E-state index in [1.165, 1.54) is 0 Å². The summed E-state index contributed by atoms with van der Waals surface area (Å²) in [4.78, 5) is 27.2. The van der Waals surface area contributed by atoms with Crippen LogP contribution >= 0.6 is 0 Å². The smallest absolute Gasteiger partial charge is 0.339 e. The number of primary amides is 1. The molecule has 0 aromatic heterocycles. The summed E-state index contributed by atoms with van der Waals surface area (Å²) in [6.07, 6.45) is 1.56. The van der Waals surface area contributed by atoms with Gasteiger partial charge < -0.3 is 15.4 Å². The van der Waals surface area contributed by atoms with Crippen LogP contribution in [0, 0.1) is 0 Å². The van der Waals surface area contributed by atoms with Crippen LogP contribution in [0.2, 0.25) is 0 Å². The van der Waals surface area contributed by atoms with E-state index in [0.717, 1.165) is 6.42 Å². The lowest BCUT2D eigenvalue weighted by atomic mass is 10.4. The number of carbonyl (C=O) groups is 2. The van der Waals surface area contributed by atoms with Gasteiger partial charge in [0.25, 0.3) is 0 Å². The van der Waals surface area contributed by atoms with Crippen molar-refractivity contribution in [2.75, 3.05) is 19.7 Å². The molecule has 2 N–H and O–H groups in total. The number of esters is 1. The Bertz CT molecular complexity index is 288. The van der Waals surface area contributed by atoms with Crippen LogP contribution in [0.1, 0.15) is 19.8 Å². The van der Waals surface area contributed by atoms with Crippen molar-refractivity contribution >= 4 is 17.8 Å². The number of hydrogen-bond acceptors (Lipinski definition) is 3. The molecule has 1 saturated heterocycles. The number of nitrogens with two attached hydrogens (primary N) is 1. The zero-order valence-corrected chi connectivity index (χ0v) is 8.73. The zero-order chi connectivity index (χ0) is 11.3. The molecule has 1 heterocycles. The van der Waals surface area contributed by atoms with E-state index in [1.54, 1.807) is 11.8 Å². The van der Waals surface area contributed by atoms with Gasteiger partial charge in [0, 0.05) is 13.0 Å². The standard InChI is InChI=1S/C9H15N3O3/c1-2-15-8(13)6-12-5-3-4-7(12)11-9(10)14/h2-6H2,1H3,(H2,10,14)/b11-7-. The van der Waals surface area contributed by atoms with Gasteiger partial charge in [-0.15, -0.1) is 0 Å². The van der Waals surface area contributed by atoms with Gasteiger partial charge in [-0.1, -0.05) is 0 Å². The summed E-state index contributed by atoms with van der Waals surface area (Å²) in [5, 5.41) is 0. The summed E-state index contributed by atoms with van der Waals surface area (Å²) in [6, 6.07) is -0.722. The summed E-state index contributed by atoms with van der Waals surface area (Å²) in [7, 11) is 0. The largest absolute Gasteiger partial charge is 0.465 e. The van der Waals surface area contributed by atoms with Crippen LogP contribution in [-0.2, 0) is 9.53 Å². The Hall–Kier alpha value is -1.59. The molecule has 1 aliphatic rings. The molecule has 1 rings (SSSR count). The lowest BCUT2D eigenvalue weighted by Crippen LogP contribution is -2.33. The van der Waals surface area contributed by atoms with Gasteiger partial charge in [-0.2, -0.15) is 4.99 Å². The van der Waals surface area contributed by atoms with E-state index in [0.29, 0.717) is 25.4 Å². The highest BCUT2D eigenvalue weighted by atomic mass is 16.5. The van der Waals surface area contributed by atoms with Crippen molar-refractivity contribution in [1.82, 2.24) is 4.90 Å². The van der Waals surface area contributed by atoms with Crippen LogP contribution in [0.4, 0.5) is 4.79 Å². The lowest BCUT2D eigenvalue weighted by molar-refractivity contribution is -0.143. The Morgan fingerprint density at radius 2 is 2.33 bits per heavy atom. The number of likely N-dealkylation sites (tertiary alicyclic amines) is 1. The first kappa shape index (κ1) is 11.5. The molecular weight excluding hydrogens is 198 g/mol. The third-order valence-electron chi connectivity index (χ3n) is 2.06. The third-order valence-corrected chi connectivity index (χ3v) is 2.06. The van der Waals surface area contributed by atoms with Crippen molar-refractivity contribution < 1.29 is 14.3 Å². The molecule has 1 aliphatic heterocycles. The first-order valence-electron chi connectivity index (χ1n) is 4.91. The fourth-order valence-corrected chi connectivity index (χ4v) is 1.50. The van der Waals surface area contributed by atoms with E-state index >= 15 is 0 Å². The Labute approximate surface area is 88.1 Å². The molecule has 0 radical (unpaired) electrons. The highest BCUT2D eigenvalue weighted by molar-refractivity contribution is 5.95. The Morgan fingerprint density at radius 1 is 1.60 bits per heavy atom. The SMILES string of the molecule is CCOC(=O)CN1CCC/C1=N/C(N)=O. The molecule has 2 amide bonds. The third kappa shape index (κ3) is 3.57. The fraction of sp³-hybridized carbons (Fsp3) is 0.667. The normalized spacial score (nSPS) is 18.2. The van der Waals surface area contributed by atoms with Gasteiger partial charge in [0.05, 0.1) is 6.61 Å². The van der Waals surface area contributed by atoms with Crippen molar-refractivity contribution in [3.05, 3.63) is 0 Å². The van der Waals surface area contributed by atoms with Gasteiger partial charge in [0.2, 0.25) is 0 Å². The van der Waals surface area contributed by atoms with Gasteiger partial charge in [-0.05, 0) is 13.3 Å². The Morgan fingerprint density at radius 3 is 2.93 bits per heavy atom. The Kier molecular flexibility index (Phi) is 4.08. The molecule has 0 bridgehead atoms. The topological polar surface area (TPSA) is 85.0 Å². The van der Waals surface area contributed by atoms with E-state index in [9.17, 15) is 9.59 Å². The van der Waals surface area contributed by atoms with Gasteiger partial charge in [0.15, 0.2) is 0 Å². The van der Waals surface area contributed by atoms with Crippen LogP contribution in [-0.4, -0.2) is 42.4 Å². The highest BCUT2D eigenvalue weighted by Gasteiger charge is 2.21. The summed E-state index contributed by atoms with van der Waals surface area (Å²) in [5.74, 6) is 0.270. The average Bonchev–Trinajstić information content (AvgIpc) is 2.52. The quantitative estimate of drug-likeness (QED) is 0.675. The predicted octanol–water partition coefficient (Wildman–Crippen LogP) is 0.123. The number of aliphatic imine (C=N–C) groups is 1. The van der Waals surface area contributed by atoms with Crippen LogP contribution < -0.4 is 5.73 Å². The van der Waals surface area contributed by atoms with E-state index in [2.05, 4.69) is 4.99 Å². The van der Waals surface area contributed by atoms with Gasteiger partial charge in [0.1, 0.15) is 12.4 Å². The molecule has 6 heteroatoms. The molecule has 0 aromatic carbocycles. The number of amides is 2. The van der Waals surface area contributed by atoms with E-state index in [-0.39, 0.29) is 12.5 Å². The average molecular weight is 213 g/mol. The molecule has 0 spiro atoms. The van der Waals surface area contributed by atoms with Crippen LogP contribution in [0.25, 0.3) is 0 Å². The number of nitrogens with zero attached hydrogens (tertiary/aromatic N) is 2. The zero-order valence-electron chi connectivity index (χ0n) is 8.73. The molecule has 15 heavy (non-hydrogen) atoms. The minimum atomic E-state index is -0.722. The molecule has 0 unspecified atom stereocenters. The monoisotopic (exact) mass is 213 g/mol. The van der Waals surface area contributed by atoms with Crippen LogP contribution in [0.15, 0.2) is 4.99 Å². The maximum absolute atomic E-state index is 11.2. The van der Waals surface area contributed by atoms with Crippen LogP contribution in [0.5, 0.6) is 0 Å². The number of rotatable bonds is 3. The van der Waals surface area contributed by atoms with Gasteiger partial charge in [-0.25, -0.2) is 4.79 Å². The van der Waals surface area contributed by atoms with Crippen molar-refractivity contribution in [1.29, 1.82) is 0 Å². The predicted molar refractivity (Wildman–Crippen MR) is 54.5 cm³/mol. The second-order valence-electron chi connectivity index (χ2n) is 3.20. The van der Waals surface area contributed by atoms with Crippen molar-refractivity contribution in [3.8, 4) is 0 Å². The van der Waals surface area contributed by atoms with Gasteiger partial charge >= 0.3 is 12.0 Å². The van der Waals surface area contributed by atoms with Crippen molar-refractivity contribution in [2.45, 2.75) is 19.8 Å². The molecular formula is C9H15N3O3. The fourth-order valence-electron chi connectivity index (χ4n) is 1.50. The molecule has 84 valence electrons. The molecule has 1 fully saturated rings. The summed E-state index contributed by atoms with van der Waals surface area (Å²) in [6.45, 7) is 2.96. The van der Waals surface area contributed by atoms with Gasteiger partial charge in [-0.3, -0.25) is 4.79 Å². The van der Waals surface area contributed by atoms with E-state index in [1.807, 2.05) is 0 Å². The molecule has 6 nitrogen and oxygen atoms in total. The van der Waals surface area contributed by atoms with E-state index < -0.39 is 6.03 Å². The maximum atomic E-state index is 11.2. The second-order valence-corrected chi connectivity index (χ2v) is 3.20. The Balaban J connectivity index is 2.53. The van der Waals surface area contributed by atoms with Crippen LogP contribution in [0.3, 0.4) is 0 Å². The van der Waals surface area contributed by atoms with Crippen molar-refractivity contribution in [2.24, 2.45) is 10.7 Å². The van der Waals surface area contributed by atoms with E-state index in [4.69, 9.17) is 10.5 Å². The number of ether oxygens (including phenoxy) is 1. The number of amidine groups is 1. The number of carbonyl (C=O) groups excluding carboxylic acids is 2. The molecule has 0 aliphatic carbocycles. The number of urea groups is 1. The molecule has 0 saturated carbocycles. The summed E-state index contributed by atoms with van der Waals surface area (Å²) >= 11 is 0. The molecule has 0 aromatic rings. The summed E-state index contributed by atoms with van der Waals surface area (Å²) in [5.41, 5.74) is 4.95. The summed E-state index contributed by atoms with van der Waals surface area (Å²) < 4.78 is 4.81.